The molecule has 0 bridgehead atoms. The fourth-order valence-electron chi connectivity index (χ4n) is 3.42. The predicted molar refractivity (Wildman–Crippen MR) is 134 cm³/mol. The Morgan fingerprint density at radius 3 is 2.46 bits per heavy atom. The molecule has 0 unspecified atom stereocenters. The van der Waals surface area contributed by atoms with E-state index in [-0.39, 0.29) is 18.2 Å². The molecule has 1 aromatic heterocycles. The predicted octanol–water partition coefficient (Wildman–Crippen LogP) is 3.61. The zero-order valence-corrected chi connectivity index (χ0v) is 21.1. The zero-order chi connectivity index (χ0) is 24.8. The van der Waals surface area contributed by atoms with E-state index < -0.39 is 10.2 Å². The molecular weight excluding hydrogens is 486 g/mol. The van der Waals surface area contributed by atoms with E-state index in [4.69, 9.17) is 9.47 Å². The van der Waals surface area contributed by atoms with Crippen molar-refractivity contribution in [2.45, 2.75) is 23.9 Å². The lowest BCUT2D eigenvalue weighted by atomic mass is 10.1. The number of methoxy groups -OCH3 is 2. The lowest BCUT2D eigenvalue weighted by molar-refractivity contribution is 0.307. The number of thioether (sulfide) groups is 1. The van der Waals surface area contributed by atoms with Crippen molar-refractivity contribution >= 4 is 27.8 Å². The van der Waals surface area contributed by atoms with E-state index in [1.807, 2.05) is 30.3 Å². The Morgan fingerprint density at radius 1 is 1.09 bits per heavy atom. The van der Waals surface area contributed by atoms with Crippen molar-refractivity contribution in [3.63, 3.8) is 0 Å². The van der Waals surface area contributed by atoms with Crippen LogP contribution in [-0.4, -0.2) is 50.0 Å². The third-order valence-electron chi connectivity index (χ3n) is 5.53. The Labute approximate surface area is 209 Å². The normalized spacial score (nSPS) is 13.5. The van der Waals surface area contributed by atoms with E-state index in [2.05, 4.69) is 16.0 Å². The summed E-state index contributed by atoms with van der Waals surface area (Å²) in [7, 11) is -0.758. The first-order valence-corrected chi connectivity index (χ1v) is 13.3. The quantitative estimate of drug-likeness (QED) is 0.300. The summed E-state index contributed by atoms with van der Waals surface area (Å²) < 4.78 is 40.3. The Kier molecular flexibility index (Phi) is 7.75. The number of hydrogen-bond donors (Lipinski definition) is 0. The Morgan fingerprint density at radius 2 is 1.83 bits per heavy atom. The first-order valence-electron chi connectivity index (χ1n) is 10.9. The molecule has 9 nitrogen and oxygen atoms in total. The first kappa shape index (κ1) is 24.8. The highest BCUT2D eigenvalue weighted by Gasteiger charge is 2.35. The molecule has 0 aliphatic carbocycles. The molecule has 0 radical (unpaired) electrons. The molecule has 2 heterocycles. The van der Waals surface area contributed by atoms with Crippen LogP contribution in [0.2, 0.25) is 0 Å². The van der Waals surface area contributed by atoms with Gasteiger partial charge in [0.05, 0.1) is 32.4 Å². The van der Waals surface area contributed by atoms with Gasteiger partial charge in [-0.3, -0.25) is 0 Å². The minimum Gasteiger partial charge on any atom is -0.497 e. The first-order chi connectivity index (χ1) is 16.9. The summed E-state index contributed by atoms with van der Waals surface area (Å²) in [5.74, 6) is 1.61. The van der Waals surface area contributed by atoms with Gasteiger partial charge < -0.3 is 9.47 Å². The molecular formula is C24H25N5O4S2. The topological polar surface area (TPSA) is 109 Å². The van der Waals surface area contributed by atoms with Crippen LogP contribution >= 0.6 is 11.8 Å². The second kappa shape index (κ2) is 10.9. The van der Waals surface area contributed by atoms with Crippen molar-refractivity contribution in [1.29, 1.82) is 5.26 Å². The van der Waals surface area contributed by atoms with E-state index >= 15 is 0 Å². The summed E-state index contributed by atoms with van der Waals surface area (Å²) in [4.78, 5) is 8.96. The largest absolute Gasteiger partial charge is 0.497 e. The summed E-state index contributed by atoms with van der Waals surface area (Å²) in [6.07, 6.45) is 0.822. The van der Waals surface area contributed by atoms with Crippen LogP contribution in [0.25, 0.3) is 0 Å². The fourth-order valence-corrected chi connectivity index (χ4v) is 5.91. The molecule has 4 rings (SSSR count). The third kappa shape index (κ3) is 5.67. The molecule has 3 aromatic rings. The van der Waals surface area contributed by atoms with Gasteiger partial charge in [-0.05, 0) is 35.7 Å². The molecule has 35 heavy (non-hydrogen) atoms. The van der Waals surface area contributed by atoms with Crippen LogP contribution in [0.15, 0.2) is 59.8 Å². The number of rotatable bonds is 10. The minimum absolute atomic E-state index is 0.0877. The van der Waals surface area contributed by atoms with Gasteiger partial charge in [-0.1, -0.05) is 42.1 Å². The van der Waals surface area contributed by atoms with Crippen LogP contribution < -0.4 is 13.8 Å². The highest BCUT2D eigenvalue weighted by atomic mass is 32.2. The second-order valence-corrected chi connectivity index (χ2v) is 10.5. The van der Waals surface area contributed by atoms with Gasteiger partial charge >= 0.3 is 10.2 Å². The zero-order valence-electron chi connectivity index (χ0n) is 19.4. The summed E-state index contributed by atoms with van der Waals surface area (Å²) in [6.45, 7) is 1.02. The average Bonchev–Trinajstić information content (AvgIpc) is 2.84. The van der Waals surface area contributed by atoms with Gasteiger partial charge in [0.15, 0.2) is 11.0 Å². The molecule has 0 saturated carbocycles. The fraction of sp³-hybridized carbons (Fsp3) is 0.292. The molecule has 11 heteroatoms. The van der Waals surface area contributed by atoms with E-state index in [9.17, 15) is 13.7 Å². The number of nitrogens with zero attached hydrogens (tertiary/aromatic N) is 5. The molecule has 1 aliphatic rings. The molecule has 1 saturated heterocycles. The molecule has 0 atom stereocenters. The van der Waals surface area contributed by atoms with Crippen molar-refractivity contribution in [2.24, 2.45) is 0 Å². The van der Waals surface area contributed by atoms with Crippen LogP contribution in [0.3, 0.4) is 0 Å². The Balaban J connectivity index is 1.68. The van der Waals surface area contributed by atoms with Crippen molar-refractivity contribution in [3.8, 4) is 17.7 Å². The molecule has 0 spiro atoms. The summed E-state index contributed by atoms with van der Waals surface area (Å²) in [5, 5.41) is 9.71. The minimum atomic E-state index is -3.81. The second-order valence-electron chi connectivity index (χ2n) is 7.72. The van der Waals surface area contributed by atoms with Crippen molar-refractivity contribution in [2.75, 3.05) is 31.6 Å². The highest BCUT2D eigenvalue weighted by Crippen LogP contribution is 2.30. The maximum Gasteiger partial charge on any atom is 0.305 e. The van der Waals surface area contributed by atoms with Crippen molar-refractivity contribution in [1.82, 2.24) is 14.3 Å². The Bertz CT molecular complexity index is 1320. The lowest BCUT2D eigenvalue weighted by Crippen LogP contribution is -2.50. The van der Waals surface area contributed by atoms with Gasteiger partial charge in [-0.15, -0.1) is 0 Å². The molecule has 1 aliphatic heterocycles. The van der Waals surface area contributed by atoms with Crippen molar-refractivity contribution < 1.29 is 17.9 Å². The van der Waals surface area contributed by atoms with Gasteiger partial charge in [0.1, 0.15) is 5.75 Å². The van der Waals surface area contributed by atoms with Crippen LogP contribution in [0.5, 0.6) is 11.6 Å². The average molecular weight is 512 g/mol. The summed E-state index contributed by atoms with van der Waals surface area (Å²) in [5.41, 5.74) is 2.20. The molecule has 0 N–H and O–H groups in total. The van der Waals surface area contributed by atoms with Gasteiger partial charge in [0.2, 0.25) is 5.88 Å². The highest BCUT2D eigenvalue weighted by molar-refractivity contribution is 7.98. The van der Waals surface area contributed by atoms with Crippen LogP contribution in [0.4, 0.5) is 5.82 Å². The molecule has 2 aromatic carbocycles. The van der Waals surface area contributed by atoms with Gasteiger partial charge in [-0.25, -0.2) is 9.29 Å². The van der Waals surface area contributed by atoms with Gasteiger partial charge in [0.25, 0.3) is 0 Å². The van der Waals surface area contributed by atoms with E-state index in [1.165, 1.54) is 33.5 Å². The Hall–Kier alpha value is -3.33. The number of hydrogen-bond acceptors (Lipinski definition) is 8. The maximum atomic E-state index is 13.5. The number of benzene rings is 2. The van der Waals surface area contributed by atoms with Gasteiger partial charge in [0, 0.05) is 24.9 Å². The smallest absolute Gasteiger partial charge is 0.305 e. The number of nitriles is 1. The van der Waals surface area contributed by atoms with Crippen LogP contribution in [-0.2, 0) is 22.5 Å². The number of anilines is 1. The standard InChI is InChI=1S/C24H25N5O4S2/c1-32-21-10-8-18(9-11-21)16-29(35(30,31)28-12-5-13-28)22-14-23(33-2)27-24(26-22)34-17-20-7-4-3-6-19(20)15-25/h3-4,6-11,14H,5,12-13,16-17H2,1-2H3. The van der Waals surface area contributed by atoms with E-state index in [0.717, 1.165) is 17.5 Å². The maximum absolute atomic E-state index is 13.5. The summed E-state index contributed by atoms with van der Waals surface area (Å²) in [6, 6.07) is 18.2. The monoisotopic (exact) mass is 511 g/mol. The SMILES string of the molecule is COc1ccc(CN(c2cc(OC)nc(SCc3ccccc3C#N)n2)S(=O)(=O)N2CCC2)cc1. The third-order valence-corrected chi connectivity index (χ3v) is 8.32. The van der Waals surface area contributed by atoms with E-state index in [0.29, 0.717) is 35.3 Å². The molecule has 182 valence electrons. The molecule has 1 fully saturated rings. The van der Waals surface area contributed by atoms with Crippen LogP contribution in [0.1, 0.15) is 23.1 Å². The van der Waals surface area contributed by atoms with Crippen LogP contribution in [0, 0.1) is 11.3 Å². The summed E-state index contributed by atoms with van der Waals surface area (Å²) >= 11 is 1.31. The molecule has 0 amide bonds. The van der Waals surface area contributed by atoms with E-state index in [1.54, 1.807) is 25.3 Å². The van der Waals surface area contributed by atoms with Crippen molar-refractivity contribution in [3.05, 3.63) is 71.3 Å². The lowest BCUT2D eigenvalue weighted by Gasteiger charge is -2.35. The number of aromatic nitrogens is 2. The number of ether oxygens (including phenoxy) is 2. The van der Waals surface area contributed by atoms with Gasteiger partial charge in [-0.2, -0.15) is 23.0 Å².